The molecule has 2 amide bonds. The summed E-state index contributed by atoms with van der Waals surface area (Å²) in [6.07, 6.45) is 2.82. The Bertz CT molecular complexity index is 1120. The van der Waals surface area contributed by atoms with Gasteiger partial charge in [0.1, 0.15) is 10.3 Å². The molecule has 2 aliphatic heterocycles. The molecule has 0 bridgehead atoms. The van der Waals surface area contributed by atoms with Gasteiger partial charge in [-0.1, -0.05) is 11.6 Å². The van der Waals surface area contributed by atoms with Crippen LogP contribution in [0.2, 0.25) is 5.02 Å². The molecule has 1 aromatic carbocycles. The molecule has 1 aromatic heterocycles. The molecule has 0 saturated carbocycles. The van der Waals surface area contributed by atoms with Gasteiger partial charge >= 0.3 is 0 Å². The Balaban J connectivity index is 1.43. The van der Waals surface area contributed by atoms with Gasteiger partial charge in [0.15, 0.2) is 0 Å². The van der Waals surface area contributed by atoms with Gasteiger partial charge in [0, 0.05) is 29.9 Å². The summed E-state index contributed by atoms with van der Waals surface area (Å²) in [4.78, 5) is 29.0. The fourth-order valence-corrected chi connectivity index (χ4v) is 7.16. The SMILES string of the molecule is COC[C@H]1CCCN1C(=O)CN1CCC[C@H](NS(=O)(=O)c2cc3cc(Cl)ccc3s2)C1=O. The van der Waals surface area contributed by atoms with E-state index < -0.39 is 16.1 Å². The number of benzene rings is 1. The minimum Gasteiger partial charge on any atom is -0.383 e. The Hall–Kier alpha value is -1.72. The minimum atomic E-state index is -3.89. The van der Waals surface area contributed by atoms with E-state index in [4.69, 9.17) is 16.3 Å². The zero-order valence-corrected chi connectivity index (χ0v) is 20.1. The summed E-state index contributed by atoms with van der Waals surface area (Å²) >= 11 is 7.13. The van der Waals surface area contributed by atoms with E-state index in [9.17, 15) is 18.0 Å². The van der Waals surface area contributed by atoms with Gasteiger partial charge < -0.3 is 14.5 Å². The number of piperidine rings is 1. The highest BCUT2D eigenvalue weighted by Crippen LogP contribution is 2.31. The van der Waals surface area contributed by atoms with Crippen molar-refractivity contribution in [2.45, 2.75) is 42.0 Å². The van der Waals surface area contributed by atoms with Crippen molar-refractivity contribution in [3.8, 4) is 0 Å². The molecule has 0 spiro atoms. The number of nitrogens with one attached hydrogen (secondary N) is 1. The standard InChI is InChI=1S/C21H26ClN3O5S2/c1-30-13-16-4-2-9-25(16)19(26)12-24-8-3-5-17(21(24)27)23-32(28,29)20-11-14-10-15(22)6-7-18(14)31-20/h6-7,10-11,16-17,23H,2-5,8-9,12-13H2,1H3/t16-,17+/m1/s1. The van der Waals surface area contributed by atoms with Crippen molar-refractivity contribution in [1.82, 2.24) is 14.5 Å². The summed E-state index contributed by atoms with van der Waals surface area (Å²) in [6, 6.07) is 5.90. The zero-order valence-electron chi connectivity index (χ0n) is 17.8. The predicted molar refractivity (Wildman–Crippen MR) is 123 cm³/mol. The van der Waals surface area contributed by atoms with Crippen molar-refractivity contribution in [2.75, 3.05) is 33.4 Å². The third-order valence-electron chi connectivity index (χ3n) is 5.93. The second kappa shape index (κ2) is 9.64. The molecular weight excluding hydrogens is 474 g/mol. The average molecular weight is 500 g/mol. The molecule has 0 radical (unpaired) electrons. The summed E-state index contributed by atoms with van der Waals surface area (Å²) in [6.45, 7) is 1.52. The van der Waals surface area contributed by atoms with Gasteiger partial charge in [-0.25, -0.2) is 8.42 Å². The second-order valence-electron chi connectivity index (χ2n) is 8.16. The number of ether oxygens (including phenoxy) is 1. The monoisotopic (exact) mass is 499 g/mol. The van der Waals surface area contributed by atoms with Gasteiger partial charge in [-0.2, -0.15) is 4.72 Å². The highest BCUT2D eigenvalue weighted by Gasteiger charge is 2.36. The van der Waals surface area contributed by atoms with Crippen LogP contribution in [-0.4, -0.2) is 75.5 Å². The Morgan fingerprint density at radius 1 is 1.25 bits per heavy atom. The fraction of sp³-hybridized carbons (Fsp3) is 0.524. The first-order chi connectivity index (χ1) is 15.3. The number of rotatable bonds is 7. The smallest absolute Gasteiger partial charge is 0.250 e. The third kappa shape index (κ3) is 4.94. The van der Waals surface area contributed by atoms with Crippen LogP contribution in [0.3, 0.4) is 0 Å². The normalized spacial score (nSPS) is 22.1. The van der Waals surface area contributed by atoms with Crippen LogP contribution in [0.15, 0.2) is 28.5 Å². The highest BCUT2D eigenvalue weighted by molar-refractivity contribution is 7.91. The maximum absolute atomic E-state index is 13.0. The number of nitrogens with zero attached hydrogens (tertiary/aromatic N) is 2. The van der Waals surface area contributed by atoms with E-state index in [0.29, 0.717) is 37.6 Å². The van der Waals surface area contributed by atoms with Crippen molar-refractivity contribution in [3.05, 3.63) is 29.3 Å². The Labute approximate surface area is 196 Å². The van der Waals surface area contributed by atoms with Crippen molar-refractivity contribution in [3.63, 3.8) is 0 Å². The maximum Gasteiger partial charge on any atom is 0.250 e. The van der Waals surface area contributed by atoms with Crippen LogP contribution < -0.4 is 4.72 Å². The number of hydrogen-bond acceptors (Lipinski definition) is 6. The number of fused-ring (bicyclic) bond motifs is 1. The molecule has 2 aliphatic rings. The minimum absolute atomic E-state index is 0.0307. The van der Waals surface area contributed by atoms with E-state index in [-0.39, 0.29) is 28.6 Å². The summed E-state index contributed by atoms with van der Waals surface area (Å²) in [7, 11) is -2.28. The van der Waals surface area contributed by atoms with Gasteiger partial charge in [-0.05, 0) is 55.3 Å². The molecule has 2 fully saturated rings. The van der Waals surface area contributed by atoms with Crippen LogP contribution >= 0.6 is 22.9 Å². The number of carbonyl (C=O) groups excluding carboxylic acids is 2. The van der Waals surface area contributed by atoms with Gasteiger partial charge in [0.25, 0.3) is 10.0 Å². The first kappa shape index (κ1) is 23.4. The second-order valence-corrected chi connectivity index (χ2v) is 11.6. The van der Waals surface area contributed by atoms with E-state index in [2.05, 4.69) is 4.72 Å². The molecule has 2 atom stereocenters. The lowest BCUT2D eigenvalue weighted by Gasteiger charge is -2.34. The summed E-state index contributed by atoms with van der Waals surface area (Å²) in [5, 5.41) is 1.27. The van der Waals surface area contributed by atoms with Crippen LogP contribution in [0.4, 0.5) is 0 Å². The molecule has 2 aromatic rings. The molecular formula is C21H26ClN3O5S2. The molecule has 2 saturated heterocycles. The largest absolute Gasteiger partial charge is 0.383 e. The molecule has 174 valence electrons. The van der Waals surface area contributed by atoms with E-state index in [0.717, 1.165) is 34.3 Å². The topological polar surface area (TPSA) is 96.0 Å². The van der Waals surface area contributed by atoms with Crippen LogP contribution in [0.5, 0.6) is 0 Å². The van der Waals surface area contributed by atoms with E-state index >= 15 is 0 Å². The highest BCUT2D eigenvalue weighted by atomic mass is 35.5. The zero-order chi connectivity index (χ0) is 22.9. The van der Waals surface area contributed by atoms with Crippen LogP contribution in [0.25, 0.3) is 10.1 Å². The summed E-state index contributed by atoms with van der Waals surface area (Å²) in [5.74, 6) is -0.484. The van der Waals surface area contributed by atoms with Crippen LogP contribution in [0.1, 0.15) is 25.7 Å². The molecule has 3 heterocycles. The molecule has 8 nitrogen and oxygen atoms in total. The van der Waals surface area contributed by atoms with Crippen LogP contribution in [-0.2, 0) is 24.3 Å². The maximum atomic E-state index is 13.0. The van der Waals surface area contributed by atoms with E-state index in [1.54, 1.807) is 36.3 Å². The third-order valence-corrected chi connectivity index (χ3v) is 9.23. The van der Waals surface area contributed by atoms with Gasteiger partial charge in [-0.3, -0.25) is 9.59 Å². The van der Waals surface area contributed by atoms with Crippen molar-refractivity contribution >= 4 is 54.9 Å². The Morgan fingerprint density at radius 2 is 2.03 bits per heavy atom. The van der Waals surface area contributed by atoms with Crippen molar-refractivity contribution < 1.29 is 22.7 Å². The number of sulfonamides is 1. The molecule has 32 heavy (non-hydrogen) atoms. The van der Waals surface area contributed by atoms with Crippen molar-refractivity contribution in [1.29, 1.82) is 0 Å². The van der Waals surface area contributed by atoms with Crippen molar-refractivity contribution in [2.24, 2.45) is 0 Å². The van der Waals surface area contributed by atoms with Gasteiger partial charge in [0.2, 0.25) is 11.8 Å². The first-order valence-corrected chi connectivity index (χ1v) is 13.2. The number of carbonyl (C=O) groups is 2. The molecule has 0 aliphatic carbocycles. The number of amides is 2. The quantitative estimate of drug-likeness (QED) is 0.631. The number of likely N-dealkylation sites (tertiary alicyclic amines) is 2. The predicted octanol–water partition coefficient (Wildman–Crippen LogP) is 2.46. The number of halogens is 1. The number of hydrogen-bond donors (Lipinski definition) is 1. The first-order valence-electron chi connectivity index (χ1n) is 10.6. The number of thiophene rings is 1. The molecule has 0 unspecified atom stereocenters. The average Bonchev–Trinajstić information content (AvgIpc) is 3.38. The summed E-state index contributed by atoms with van der Waals surface area (Å²) < 4.78 is 34.6. The van der Waals surface area contributed by atoms with E-state index in [1.165, 1.54) is 4.90 Å². The van der Waals surface area contributed by atoms with E-state index in [1.807, 2.05) is 0 Å². The summed E-state index contributed by atoms with van der Waals surface area (Å²) in [5.41, 5.74) is 0. The lowest BCUT2D eigenvalue weighted by atomic mass is 10.1. The number of methoxy groups -OCH3 is 1. The molecule has 11 heteroatoms. The molecule has 4 rings (SSSR count). The van der Waals surface area contributed by atoms with Gasteiger partial charge in [0.05, 0.1) is 19.2 Å². The lowest BCUT2D eigenvalue weighted by Crippen LogP contribution is -2.55. The molecule has 1 N–H and O–H groups in total. The van der Waals surface area contributed by atoms with Gasteiger partial charge in [-0.15, -0.1) is 11.3 Å². The Morgan fingerprint density at radius 3 is 2.81 bits per heavy atom. The Kier molecular flexibility index (Phi) is 7.06. The lowest BCUT2D eigenvalue weighted by molar-refractivity contribution is -0.144. The fourth-order valence-electron chi connectivity index (χ4n) is 4.36. The van der Waals surface area contributed by atoms with Crippen LogP contribution in [0, 0.1) is 0 Å².